The first-order valence-corrected chi connectivity index (χ1v) is 8.25. The number of rotatable bonds is 6. The number of pyridine rings is 2. The van der Waals surface area contributed by atoms with Crippen LogP contribution in [0.3, 0.4) is 0 Å². The van der Waals surface area contributed by atoms with Gasteiger partial charge in [-0.25, -0.2) is 0 Å². The van der Waals surface area contributed by atoms with Crippen LogP contribution in [0.5, 0.6) is 0 Å². The average Bonchev–Trinajstić information content (AvgIpc) is 2.56. The molecule has 0 N–H and O–H groups in total. The second-order valence-corrected chi connectivity index (χ2v) is 7.42. The molecule has 0 aliphatic heterocycles. The summed E-state index contributed by atoms with van der Waals surface area (Å²) >= 11 is 0. The van der Waals surface area contributed by atoms with Crippen molar-refractivity contribution in [3.8, 4) is 0 Å². The minimum Gasteiger partial charge on any atom is -0.550 e. The van der Waals surface area contributed by atoms with Crippen molar-refractivity contribution in [2.75, 3.05) is 0 Å². The van der Waals surface area contributed by atoms with Gasteiger partial charge in [0.25, 0.3) is 0 Å². The molecule has 0 amide bonds. The molecule has 0 bridgehead atoms. The maximum atomic E-state index is 10.7. The van der Waals surface area contributed by atoms with Crippen LogP contribution in [-0.2, 0) is 41.9 Å². The molecular formula is C20H24N2O4Zn. The van der Waals surface area contributed by atoms with Gasteiger partial charge in [0.15, 0.2) is 0 Å². The first kappa shape index (κ1) is 24.9. The summed E-state index contributed by atoms with van der Waals surface area (Å²) in [7, 11) is 0. The molecule has 2 aromatic rings. The summed E-state index contributed by atoms with van der Waals surface area (Å²) in [5.41, 5.74) is 0.167. The van der Waals surface area contributed by atoms with Gasteiger partial charge in [0.05, 0.1) is 0 Å². The third kappa shape index (κ3) is 8.87. The van der Waals surface area contributed by atoms with Crippen LogP contribution in [0.4, 0.5) is 0 Å². The monoisotopic (exact) mass is 420 g/mol. The second-order valence-electron chi connectivity index (χ2n) is 7.42. The van der Waals surface area contributed by atoms with Crippen LogP contribution in [0.1, 0.15) is 38.8 Å². The van der Waals surface area contributed by atoms with E-state index in [9.17, 15) is 19.8 Å². The van der Waals surface area contributed by atoms with Crippen LogP contribution in [-0.4, -0.2) is 21.9 Å². The number of carboxylic acids is 2. The summed E-state index contributed by atoms with van der Waals surface area (Å²) in [6.07, 6.45) is 7.56. The molecule has 2 heterocycles. The van der Waals surface area contributed by atoms with Gasteiger partial charge in [-0.05, 0) is 36.1 Å². The Labute approximate surface area is 172 Å². The fourth-order valence-electron chi connectivity index (χ4n) is 2.17. The van der Waals surface area contributed by atoms with Crippen molar-refractivity contribution in [3.05, 3.63) is 60.2 Å². The van der Waals surface area contributed by atoms with E-state index in [4.69, 9.17) is 0 Å². The molecule has 2 aromatic heterocycles. The number of carboxylic acid groups (broad SMARTS) is 2. The molecule has 0 aromatic carbocycles. The van der Waals surface area contributed by atoms with E-state index in [0.29, 0.717) is 12.8 Å². The SMILES string of the molecule is CC(C)(Cc1cccnc1)C(=O)[O-].CC(C)(Cc1cccnc1)C(=O)[O-].[Zn+2]. The van der Waals surface area contributed by atoms with Crippen LogP contribution in [0, 0.1) is 10.8 Å². The Balaban J connectivity index is 0.000000483. The fourth-order valence-corrected chi connectivity index (χ4v) is 2.17. The van der Waals surface area contributed by atoms with E-state index in [1.165, 1.54) is 0 Å². The Morgan fingerprint density at radius 1 is 0.815 bits per heavy atom. The predicted octanol–water partition coefficient (Wildman–Crippen LogP) is 0.798. The standard InChI is InChI=1S/2C10H13NO2.Zn/c2*1-10(2,9(12)13)6-8-4-3-5-11-7-8;/h2*3-5,7H,6H2,1-2H3,(H,12,13);/q;;+2/p-2. The molecular weight excluding hydrogens is 398 g/mol. The molecule has 6 nitrogen and oxygen atoms in total. The summed E-state index contributed by atoms with van der Waals surface area (Å²) in [5, 5.41) is 21.4. The Bertz CT molecular complexity index is 656. The van der Waals surface area contributed by atoms with Gasteiger partial charge < -0.3 is 19.8 Å². The first-order valence-electron chi connectivity index (χ1n) is 8.25. The molecule has 0 saturated carbocycles. The molecule has 0 saturated heterocycles. The Morgan fingerprint density at radius 2 is 1.15 bits per heavy atom. The number of aromatic nitrogens is 2. The van der Waals surface area contributed by atoms with Crippen molar-refractivity contribution in [2.45, 2.75) is 40.5 Å². The summed E-state index contributed by atoms with van der Waals surface area (Å²) in [5.74, 6) is -2.06. The third-order valence-corrected chi connectivity index (χ3v) is 3.84. The number of carbonyl (C=O) groups excluding carboxylic acids is 2. The predicted molar refractivity (Wildman–Crippen MR) is 93.5 cm³/mol. The molecule has 0 spiro atoms. The third-order valence-electron chi connectivity index (χ3n) is 3.84. The maximum absolute atomic E-state index is 10.7. The molecule has 2 rings (SSSR count). The smallest absolute Gasteiger partial charge is 0.550 e. The quantitative estimate of drug-likeness (QED) is 0.639. The van der Waals surface area contributed by atoms with E-state index in [1.54, 1.807) is 64.6 Å². The minimum absolute atomic E-state index is 0. The van der Waals surface area contributed by atoms with Crippen LogP contribution in [0.15, 0.2) is 49.1 Å². The zero-order valence-electron chi connectivity index (χ0n) is 16.3. The summed E-state index contributed by atoms with van der Waals surface area (Å²) in [6.45, 7) is 6.59. The maximum Gasteiger partial charge on any atom is 2.00 e. The zero-order valence-corrected chi connectivity index (χ0v) is 19.2. The molecule has 27 heavy (non-hydrogen) atoms. The summed E-state index contributed by atoms with van der Waals surface area (Å²) in [4.78, 5) is 29.2. The molecule has 140 valence electrons. The Hall–Kier alpha value is -2.14. The molecule has 0 atom stereocenters. The number of carbonyl (C=O) groups is 2. The first-order chi connectivity index (χ1) is 12.0. The van der Waals surface area contributed by atoms with Crippen LogP contribution >= 0.6 is 0 Å². The number of hydrogen-bond acceptors (Lipinski definition) is 6. The van der Waals surface area contributed by atoms with Gasteiger partial charge in [0, 0.05) is 47.6 Å². The van der Waals surface area contributed by atoms with E-state index in [2.05, 4.69) is 9.97 Å². The van der Waals surface area contributed by atoms with Crippen LogP contribution < -0.4 is 10.2 Å². The van der Waals surface area contributed by atoms with Crippen molar-refractivity contribution >= 4 is 11.9 Å². The average molecular weight is 422 g/mol. The Kier molecular flexibility index (Phi) is 10.0. The number of nitrogens with zero attached hydrogens (tertiary/aromatic N) is 2. The van der Waals surface area contributed by atoms with Crippen molar-refractivity contribution in [1.82, 2.24) is 9.97 Å². The topological polar surface area (TPSA) is 106 Å². The van der Waals surface area contributed by atoms with E-state index in [1.807, 2.05) is 12.1 Å². The van der Waals surface area contributed by atoms with Crippen LogP contribution in [0.2, 0.25) is 0 Å². The van der Waals surface area contributed by atoms with Crippen molar-refractivity contribution < 1.29 is 39.3 Å². The number of aliphatic carboxylic acids is 2. The molecule has 0 aliphatic carbocycles. The van der Waals surface area contributed by atoms with Gasteiger partial charge in [-0.1, -0.05) is 39.8 Å². The van der Waals surface area contributed by atoms with Gasteiger partial charge in [-0.15, -0.1) is 0 Å². The van der Waals surface area contributed by atoms with Crippen molar-refractivity contribution in [1.29, 1.82) is 0 Å². The van der Waals surface area contributed by atoms with Gasteiger partial charge in [-0.3, -0.25) is 9.97 Å². The molecule has 7 heteroatoms. The van der Waals surface area contributed by atoms with Gasteiger partial charge in [0.1, 0.15) is 0 Å². The Morgan fingerprint density at radius 3 is 1.37 bits per heavy atom. The number of hydrogen-bond donors (Lipinski definition) is 0. The molecule has 0 aliphatic rings. The minimum atomic E-state index is -1.03. The summed E-state index contributed by atoms with van der Waals surface area (Å²) in [6, 6.07) is 7.30. The van der Waals surface area contributed by atoms with Gasteiger partial charge in [-0.2, -0.15) is 0 Å². The molecule has 0 radical (unpaired) electrons. The van der Waals surface area contributed by atoms with E-state index >= 15 is 0 Å². The largest absolute Gasteiger partial charge is 2.00 e. The van der Waals surface area contributed by atoms with E-state index in [-0.39, 0.29) is 19.5 Å². The van der Waals surface area contributed by atoms with Crippen molar-refractivity contribution in [2.24, 2.45) is 10.8 Å². The zero-order chi connectivity index (χ0) is 19.8. The van der Waals surface area contributed by atoms with Gasteiger partial charge in [0.2, 0.25) is 0 Å². The second kappa shape index (κ2) is 10.9. The van der Waals surface area contributed by atoms with Crippen LogP contribution in [0.25, 0.3) is 0 Å². The van der Waals surface area contributed by atoms with E-state index in [0.717, 1.165) is 11.1 Å². The van der Waals surface area contributed by atoms with Gasteiger partial charge >= 0.3 is 19.5 Å². The fraction of sp³-hybridized carbons (Fsp3) is 0.400. The van der Waals surface area contributed by atoms with E-state index < -0.39 is 22.8 Å². The van der Waals surface area contributed by atoms with Crippen molar-refractivity contribution in [3.63, 3.8) is 0 Å². The normalized spacial score (nSPS) is 10.8. The summed E-state index contributed by atoms with van der Waals surface area (Å²) < 4.78 is 0. The molecule has 0 unspecified atom stereocenters. The molecule has 0 fully saturated rings.